The first-order chi connectivity index (χ1) is 12.4. The molecule has 0 unspecified atom stereocenters. The summed E-state index contributed by atoms with van der Waals surface area (Å²) in [5.41, 5.74) is 3.61. The molecular weight excluding hydrogens is 392 g/mol. The molecule has 4 nitrogen and oxygen atoms in total. The fourth-order valence-electron chi connectivity index (χ4n) is 2.76. The Bertz CT molecular complexity index is 1010. The minimum atomic E-state index is -0.396. The van der Waals surface area contributed by atoms with E-state index in [1.165, 1.54) is 0 Å². The highest BCUT2D eigenvalue weighted by Gasteiger charge is 2.13. The van der Waals surface area contributed by atoms with Crippen LogP contribution in [0.25, 0.3) is 0 Å². The molecule has 1 N–H and O–H groups in total. The number of nitrogens with one attached hydrogen (secondary N) is 1. The van der Waals surface area contributed by atoms with Gasteiger partial charge in [0.2, 0.25) is 0 Å². The van der Waals surface area contributed by atoms with Crippen LogP contribution in [0.5, 0.6) is 0 Å². The lowest BCUT2D eigenvalue weighted by Gasteiger charge is -2.11. The smallest absolute Gasteiger partial charge is 0.263 e. The van der Waals surface area contributed by atoms with Crippen LogP contribution in [-0.2, 0) is 6.54 Å². The maximum Gasteiger partial charge on any atom is 0.263 e. The highest BCUT2D eigenvalue weighted by Crippen LogP contribution is 2.16. The fraction of sp³-hybridized carbons (Fsp3) is 0.143. The van der Waals surface area contributed by atoms with E-state index in [0.717, 1.165) is 21.2 Å². The quantitative estimate of drug-likeness (QED) is 0.686. The number of pyridine rings is 1. The van der Waals surface area contributed by atoms with E-state index in [9.17, 15) is 9.59 Å². The van der Waals surface area contributed by atoms with Crippen molar-refractivity contribution in [3.05, 3.63) is 97.9 Å². The van der Waals surface area contributed by atoms with Crippen molar-refractivity contribution >= 4 is 27.5 Å². The van der Waals surface area contributed by atoms with Gasteiger partial charge in [-0.05, 0) is 55.3 Å². The molecule has 0 saturated heterocycles. The second-order valence-corrected chi connectivity index (χ2v) is 7.17. The van der Waals surface area contributed by atoms with E-state index in [0.29, 0.717) is 12.2 Å². The van der Waals surface area contributed by atoms with E-state index < -0.39 is 5.91 Å². The molecule has 3 aromatic rings. The normalized spacial score (nSPS) is 10.6. The molecule has 132 valence electrons. The molecule has 0 aliphatic rings. The Kier molecular flexibility index (Phi) is 5.38. The predicted molar refractivity (Wildman–Crippen MR) is 108 cm³/mol. The molecule has 1 aromatic heterocycles. The van der Waals surface area contributed by atoms with Crippen LogP contribution in [0.15, 0.2) is 70.1 Å². The number of aromatic nitrogens is 1. The van der Waals surface area contributed by atoms with Gasteiger partial charge in [0.15, 0.2) is 0 Å². The first kappa shape index (κ1) is 18.1. The molecule has 5 heteroatoms. The van der Waals surface area contributed by atoms with E-state index in [1.807, 2.05) is 56.3 Å². The van der Waals surface area contributed by atoms with Gasteiger partial charge in [-0.3, -0.25) is 9.59 Å². The number of rotatable bonds is 4. The third-order valence-electron chi connectivity index (χ3n) is 4.16. The monoisotopic (exact) mass is 410 g/mol. The molecule has 0 bridgehead atoms. The third-order valence-corrected chi connectivity index (χ3v) is 4.69. The SMILES string of the molecule is Cc1ccc(NC(=O)c2cccn(Cc3ccc(Br)cc3)c2=O)c(C)c1. The molecule has 0 fully saturated rings. The summed E-state index contributed by atoms with van der Waals surface area (Å²) in [5.74, 6) is -0.396. The van der Waals surface area contributed by atoms with Gasteiger partial charge >= 0.3 is 0 Å². The van der Waals surface area contributed by atoms with Crippen LogP contribution < -0.4 is 10.9 Å². The molecule has 0 spiro atoms. The zero-order valence-electron chi connectivity index (χ0n) is 14.6. The van der Waals surface area contributed by atoms with E-state index in [-0.39, 0.29) is 11.1 Å². The Morgan fingerprint density at radius 3 is 2.50 bits per heavy atom. The summed E-state index contributed by atoms with van der Waals surface area (Å²) < 4.78 is 2.52. The average molecular weight is 411 g/mol. The first-order valence-electron chi connectivity index (χ1n) is 8.26. The molecule has 1 heterocycles. The van der Waals surface area contributed by atoms with Crippen LogP contribution in [0.1, 0.15) is 27.0 Å². The van der Waals surface area contributed by atoms with Gasteiger partial charge in [0.05, 0.1) is 6.54 Å². The van der Waals surface area contributed by atoms with Crippen LogP contribution in [0.2, 0.25) is 0 Å². The minimum absolute atomic E-state index is 0.129. The van der Waals surface area contributed by atoms with Gasteiger partial charge in [0, 0.05) is 16.4 Å². The number of carbonyl (C=O) groups is 1. The number of carbonyl (C=O) groups excluding carboxylic acids is 1. The van der Waals surface area contributed by atoms with Gasteiger partial charge in [0.1, 0.15) is 5.56 Å². The molecule has 0 atom stereocenters. The van der Waals surface area contributed by atoms with Gasteiger partial charge in [-0.1, -0.05) is 45.8 Å². The standard InChI is InChI=1S/C21H19BrN2O2/c1-14-5-10-19(15(2)12-14)23-20(25)18-4-3-11-24(21(18)26)13-16-6-8-17(22)9-7-16/h3-12H,13H2,1-2H3,(H,23,25). The number of benzene rings is 2. The summed E-state index contributed by atoms with van der Waals surface area (Å²) in [6, 6.07) is 16.8. The maximum atomic E-state index is 12.7. The molecule has 0 radical (unpaired) electrons. The van der Waals surface area contributed by atoms with Crippen molar-refractivity contribution in [3.8, 4) is 0 Å². The number of aryl methyl sites for hydroxylation is 2. The fourth-order valence-corrected chi connectivity index (χ4v) is 3.03. The number of nitrogens with zero attached hydrogens (tertiary/aromatic N) is 1. The summed E-state index contributed by atoms with van der Waals surface area (Å²) in [6.45, 7) is 4.34. The van der Waals surface area contributed by atoms with E-state index in [4.69, 9.17) is 0 Å². The molecule has 26 heavy (non-hydrogen) atoms. The summed E-state index contributed by atoms with van der Waals surface area (Å²) in [7, 11) is 0. The zero-order chi connectivity index (χ0) is 18.7. The van der Waals surface area contributed by atoms with Crippen molar-refractivity contribution in [2.75, 3.05) is 5.32 Å². The number of hydrogen-bond acceptors (Lipinski definition) is 2. The Morgan fingerprint density at radius 1 is 1.08 bits per heavy atom. The third kappa shape index (κ3) is 4.11. The minimum Gasteiger partial charge on any atom is -0.322 e. The van der Waals surface area contributed by atoms with Gasteiger partial charge in [-0.15, -0.1) is 0 Å². The average Bonchev–Trinajstić information content (AvgIpc) is 2.61. The molecule has 3 rings (SSSR count). The largest absolute Gasteiger partial charge is 0.322 e. The molecule has 1 amide bonds. The maximum absolute atomic E-state index is 12.7. The lowest BCUT2D eigenvalue weighted by molar-refractivity contribution is 0.102. The Balaban J connectivity index is 1.85. The lowest BCUT2D eigenvalue weighted by Crippen LogP contribution is -2.29. The van der Waals surface area contributed by atoms with Crippen molar-refractivity contribution in [2.45, 2.75) is 20.4 Å². The number of hydrogen-bond donors (Lipinski definition) is 1. The molecule has 2 aromatic carbocycles. The molecule has 0 saturated carbocycles. The summed E-state index contributed by atoms with van der Waals surface area (Å²) in [4.78, 5) is 25.3. The van der Waals surface area contributed by atoms with Gasteiger partial charge in [-0.25, -0.2) is 0 Å². The van der Waals surface area contributed by atoms with Gasteiger partial charge in [-0.2, -0.15) is 0 Å². The molecular formula is C21H19BrN2O2. The van der Waals surface area contributed by atoms with Crippen molar-refractivity contribution < 1.29 is 4.79 Å². The van der Waals surface area contributed by atoms with Crippen LogP contribution in [0.4, 0.5) is 5.69 Å². The van der Waals surface area contributed by atoms with Crippen LogP contribution >= 0.6 is 15.9 Å². The topological polar surface area (TPSA) is 51.1 Å². The zero-order valence-corrected chi connectivity index (χ0v) is 16.2. The van der Waals surface area contributed by atoms with Gasteiger partial charge < -0.3 is 9.88 Å². The summed E-state index contributed by atoms with van der Waals surface area (Å²) >= 11 is 3.40. The highest BCUT2D eigenvalue weighted by molar-refractivity contribution is 9.10. The van der Waals surface area contributed by atoms with E-state index in [1.54, 1.807) is 22.9 Å². The highest BCUT2D eigenvalue weighted by atomic mass is 79.9. The molecule has 0 aliphatic carbocycles. The predicted octanol–water partition coefficient (Wildman–Crippen LogP) is 4.53. The summed E-state index contributed by atoms with van der Waals surface area (Å²) in [5, 5.41) is 2.83. The van der Waals surface area contributed by atoms with Crippen LogP contribution in [-0.4, -0.2) is 10.5 Å². The van der Waals surface area contributed by atoms with Crippen molar-refractivity contribution in [2.24, 2.45) is 0 Å². The van der Waals surface area contributed by atoms with Crippen molar-refractivity contribution in [3.63, 3.8) is 0 Å². The van der Waals surface area contributed by atoms with Crippen LogP contribution in [0.3, 0.4) is 0 Å². The lowest BCUT2D eigenvalue weighted by atomic mass is 10.1. The Labute approximate surface area is 160 Å². The second-order valence-electron chi connectivity index (χ2n) is 6.25. The van der Waals surface area contributed by atoms with Crippen LogP contribution in [0, 0.1) is 13.8 Å². The molecule has 0 aliphatic heterocycles. The van der Waals surface area contributed by atoms with Crippen molar-refractivity contribution in [1.82, 2.24) is 4.57 Å². The van der Waals surface area contributed by atoms with Gasteiger partial charge in [0.25, 0.3) is 11.5 Å². The van der Waals surface area contributed by atoms with E-state index in [2.05, 4.69) is 21.2 Å². The van der Waals surface area contributed by atoms with E-state index >= 15 is 0 Å². The number of amides is 1. The Hall–Kier alpha value is -2.66. The first-order valence-corrected chi connectivity index (χ1v) is 9.06. The number of anilines is 1. The van der Waals surface area contributed by atoms with Crippen molar-refractivity contribution in [1.29, 1.82) is 0 Å². The Morgan fingerprint density at radius 2 is 1.81 bits per heavy atom. The second kappa shape index (κ2) is 7.70. The number of halogens is 1. The summed E-state index contributed by atoms with van der Waals surface area (Å²) in [6.07, 6.45) is 1.69.